The van der Waals surface area contributed by atoms with Crippen molar-refractivity contribution in [1.82, 2.24) is 0 Å². The van der Waals surface area contributed by atoms with Gasteiger partial charge < -0.3 is 5.11 Å². The van der Waals surface area contributed by atoms with Gasteiger partial charge in [0.05, 0.1) is 5.75 Å². The SMILES string of the molecule is O=C(O)CCCc1ccc2c(c1)CCC2.O=S1(=O)Cc2ccc(cc2)N1. The fourth-order valence-electron chi connectivity index (χ4n) is 3.33. The van der Waals surface area contributed by atoms with Crippen molar-refractivity contribution in [3.8, 4) is 0 Å². The largest absolute Gasteiger partial charge is 0.481 e. The van der Waals surface area contributed by atoms with Gasteiger partial charge in [-0.15, -0.1) is 0 Å². The number of aryl methyl sites for hydroxylation is 3. The molecule has 0 unspecified atom stereocenters. The number of sulfonamides is 1. The van der Waals surface area contributed by atoms with Gasteiger partial charge in [-0.1, -0.05) is 30.3 Å². The van der Waals surface area contributed by atoms with Gasteiger partial charge in [-0.25, -0.2) is 8.42 Å². The molecule has 0 saturated heterocycles. The van der Waals surface area contributed by atoms with Crippen LogP contribution in [-0.2, 0) is 39.8 Å². The van der Waals surface area contributed by atoms with E-state index in [4.69, 9.17) is 5.11 Å². The number of carbonyl (C=O) groups is 1. The van der Waals surface area contributed by atoms with Crippen molar-refractivity contribution in [1.29, 1.82) is 0 Å². The number of benzene rings is 2. The highest BCUT2D eigenvalue weighted by Gasteiger charge is 2.15. The molecule has 2 N–H and O–H groups in total. The fourth-order valence-corrected chi connectivity index (χ4v) is 4.53. The third-order valence-corrected chi connectivity index (χ3v) is 5.86. The molecule has 26 heavy (non-hydrogen) atoms. The van der Waals surface area contributed by atoms with Gasteiger partial charge in [0.2, 0.25) is 10.0 Å². The molecule has 0 fully saturated rings. The third-order valence-electron chi connectivity index (χ3n) is 4.60. The van der Waals surface area contributed by atoms with Gasteiger partial charge in [-0.05, 0) is 66.5 Å². The molecule has 1 aliphatic carbocycles. The second kappa shape index (κ2) is 7.91. The molecule has 0 saturated carbocycles. The van der Waals surface area contributed by atoms with E-state index in [9.17, 15) is 13.2 Å². The van der Waals surface area contributed by atoms with Crippen LogP contribution in [0.5, 0.6) is 0 Å². The van der Waals surface area contributed by atoms with E-state index < -0.39 is 16.0 Å². The highest BCUT2D eigenvalue weighted by molar-refractivity contribution is 7.91. The van der Waals surface area contributed by atoms with Crippen molar-refractivity contribution in [2.24, 2.45) is 0 Å². The van der Waals surface area contributed by atoms with Crippen molar-refractivity contribution in [3.63, 3.8) is 0 Å². The average molecular weight is 373 g/mol. The predicted molar refractivity (Wildman–Crippen MR) is 102 cm³/mol. The van der Waals surface area contributed by atoms with Gasteiger partial charge in [0.15, 0.2) is 0 Å². The normalized spacial score (nSPS) is 16.0. The molecule has 0 atom stereocenters. The lowest BCUT2D eigenvalue weighted by Crippen LogP contribution is -2.11. The van der Waals surface area contributed by atoms with E-state index in [0.717, 1.165) is 18.4 Å². The van der Waals surface area contributed by atoms with Crippen LogP contribution in [0.2, 0.25) is 0 Å². The Morgan fingerprint density at radius 2 is 1.77 bits per heavy atom. The lowest BCUT2D eigenvalue weighted by molar-refractivity contribution is -0.137. The van der Waals surface area contributed by atoms with Crippen LogP contribution in [0.1, 0.15) is 41.5 Å². The number of aliphatic carboxylic acids is 1. The van der Waals surface area contributed by atoms with Crippen molar-refractivity contribution >= 4 is 21.7 Å². The summed E-state index contributed by atoms with van der Waals surface area (Å²) in [6.07, 6.45) is 5.59. The second-order valence-corrected chi connectivity index (χ2v) is 8.48. The van der Waals surface area contributed by atoms with E-state index in [-0.39, 0.29) is 12.2 Å². The summed E-state index contributed by atoms with van der Waals surface area (Å²) in [4.78, 5) is 10.4. The molecule has 2 aromatic carbocycles. The van der Waals surface area contributed by atoms with E-state index in [1.54, 1.807) is 12.1 Å². The Hall–Kier alpha value is -2.34. The van der Waals surface area contributed by atoms with Gasteiger partial charge in [-0.3, -0.25) is 9.52 Å². The first-order valence-corrected chi connectivity index (χ1v) is 10.5. The summed E-state index contributed by atoms with van der Waals surface area (Å²) in [6, 6.07) is 13.8. The van der Waals surface area contributed by atoms with E-state index in [0.29, 0.717) is 5.69 Å². The fraction of sp³-hybridized carbons (Fsp3) is 0.350. The molecule has 0 spiro atoms. The molecule has 0 amide bonds. The number of carboxylic acids is 1. The zero-order valence-electron chi connectivity index (χ0n) is 14.6. The highest BCUT2D eigenvalue weighted by Crippen LogP contribution is 2.23. The summed E-state index contributed by atoms with van der Waals surface area (Å²) in [5.74, 6) is -0.611. The first kappa shape index (κ1) is 18.5. The Morgan fingerprint density at radius 3 is 2.50 bits per heavy atom. The maximum Gasteiger partial charge on any atom is 0.303 e. The van der Waals surface area contributed by atoms with Gasteiger partial charge in [0.1, 0.15) is 0 Å². The average Bonchev–Trinajstić information content (AvgIpc) is 2.92. The predicted octanol–water partition coefficient (Wildman–Crippen LogP) is 3.52. The number of hydrogen-bond donors (Lipinski definition) is 2. The van der Waals surface area contributed by atoms with Crippen LogP contribution in [0, 0.1) is 0 Å². The quantitative estimate of drug-likeness (QED) is 0.859. The van der Waals surface area contributed by atoms with Crippen molar-refractivity contribution in [3.05, 3.63) is 64.7 Å². The molecule has 0 radical (unpaired) electrons. The molecule has 2 heterocycles. The lowest BCUT2D eigenvalue weighted by atomic mass is 10.0. The first-order valence-electron chi connectivity index (χ1n) is 8.83. The Labute approximate surface area is 154 Å². The second-order valence-electron chi connectivity index (χ2n) is 6.76. The molecule has 2 aromatic rings. The molecule has 5 nitrogen and oxygen atoms in total. The van der Waals surface area contributed by atoms with Crippen LogP contribution in [0.3, 0.4) is 0 Å². The number of carboxylic acid groups (broad SMARTS) is 1. The van der Waals surface area contributed by atoms with E-state index in [1.165, 1.54) is 36.0 Å². The van der Waals surface area contributed by atoms with Crippen molar-refractivity contribution < 1.29 is 18.3 Å². The first-order chi connectivity index (χ1) is 12.4. The van der Waals surface area contributed by atoms with Crippen LogP contribution >= 0.6 is 0 Å². The topological polar surface area (TPSA) is 83.5 Å². The van der Waals surface area contributed by atoms with Crippen LogP contribution in [0.4, 0.5) is 5.69 Å². The van der Waals surface area contributed by atoms with Crippen molar-refractivity contribution in [2.75, 3.05) is 4.72 Å². The number of rotatable bonds is 4. The minimum Gasteiger partial charge on any atom is -0.481 e. The summed E-state index contributed by atoms with van der Waals surface area (Å²) in [5, 5.41) is 8.55. The van der Waals surface area contributed by atoms with Crippen LogP contribution in [-0.4, -0.2) is 19.5 Å². The van der Waals surface area contributed by atoms with Gasteiger partial charge in [0, 0.05) is 12.1 Å². The molecular weight excluding hydrogens is 350 g/mol. The summed E-state index contributed by atoms with van der Waals surface area (Å²) in [7, 11) is -3.10. The minimum absolute atomic E-state index is 0.0868. The zero-order chi connectivity index (χ0) is 18.6. The molecule has 138 valence electrons. The monoisotopic (exact) mass is 373 g/mol. The van der Waals surface area contributed by atoms with Crippen LogP contribution in [0.25, 0.3) is 0 Å². The Kier molecular flexibility index (Phi) is 5.61. The third kappa shape index (κ3) is 5.08. The van der Waals surface area contributed by atoms with Crippen LogP contribution in [0.15, 0.2) is 42.5 Å². The number of hydrogen-bond acceptors (Lipinski definition) is 3. The van der Waals surface area contributed by atoms with Gasteiger partial charge >= 0.3 is 5.97 Å². The summed E-state index contributed by atoms with van der Waals surface area (Å²) in [6.45, 7) is 0. The van der Waals surface area contributed by atoms with E-state index in [2.05, 4.69) is 22.9 Å². The maximum atomic E-state index is 11.1. The lowest BCUT2D eigenvalue weighted by Gasteiger charge is -2.03. The molecule has 5 rings (SSSR count). The zero-order valence-corrected chi connectivity index (χ0v) is 15.4. The number of anilines is 1. The van der Waals surface area contributed by atoms with Crippen LogP contribution < -0.4 is 4.72 Å². The molecule has 2 bridgehead atoms. The highest BCUT2D eigenvalue weighted by atomic mass is 32.2. The van der Waals surface area contributed by atoms with E-state index >= 15 is 0 Å². The standard InChI is InChI=1S/C13H16O2.C7H7NO2S/c14-13(15)6-1-3-10-7-8-11-4-2-5-12(11)9-10;9-11(10)5-6-1-3-7(8-11)4-2-6/h7-9H,1-6H2,(H,14,15);1-4,8H,5H2. The molecule has 3 aliphatic rings. The van der Waals surface area contributed by atoms with Crippen molar-refractivity contribution in [2.45, 2.75) is 44.3 Å². The minimum atomic E-state index is -3.10. The Bertz CT molecular complexity index is 858. The summed E-state index contributed by atoms with van der Waals surface area (Å²) >= 11 is 0. The Morgan fingerprint density at radius 1 is 1.04 bits per heavy atom. The summed E-state index contributed by atoms with van der Waals surface area (Å²) in [5.41, 5.74) is 5.72. The summed E-state index contributed by atoms with van der Waals surface area (Å²) < 4.78 is 24.6. The van der Waals surface area contributed by atoms with Gasteiger partial charge in [-0.2, -0.15) is 0 Å². The number of nitrogens with one attached hydrogen (secondary N) is 1. The molecule has 6 heteroatoms. The molecule has 2 aliphatic heterocycles. The molecule has 0 aromatic heterocycles. The number of fused-ring (bicyclic) bond motifs is 5. The Balaban J connectivity index is 0.000000158. The van der Waals surface area contributed by atoms with Gasteiger partial charge in [0.25, 0.3) is 0 Å². The molecular formula is C20H23NO4S. The van der Waals surface area contributed by atoms with E-state index in [1.807, 2.05) is 12.1 Å². The maximum absolute atomic E-state index is 11.1. The smallest absolute Gasteiger partial charge is 0.303 e.